The Balaban J connectivity index is 1.94. The van der Waals surface area contributed by atoms with Crippen LogP contribution in [0.5, 0.6) is 0 Å². The van der Waals surface area contributed by atoms with Crippen LogP contribution in [0.4, 0.5) is 0 Å². The van der Waals surface area contributed by atoms with Crippen molar-refractivity contribution in [3.63, 3.8) is 0 Å². The molecule has 2 rings (SSSR count). The summed E-state index contributed by atoms with van der Waals surface area (Å²) in [6.45, 7) is 6.46. The summed E-state index contributed by atoms with van der Waals surface area (Å²) in [7, 11) is 0. The van der Waals surface area contributed by atoms with Crippen LogP contribution in [0.2, 0.25) is 0 Å². The van der Waals surface area contributed by atoms with E-state index in [9.17, 15) is 9.59 Å². The van der Waals surface area contributed by atoms with Gasteiger partial charge in [-0.25, -0.2) is 0 Å². The maximum atomic E-state index is 12.6. The molecule has 4 nitrogen and oxygen atoms in total. The zero-order chi connectivity index (χ0) is 13.9. The SMILES string of the molecule is CC(C)CNC(=O)C1(C(=O)N2CCCCCC2)CC1. The minimum Gasteiger partial charge on any atom is -0.355 e. The number of likely N-dealkylation sites (tertiary alicyclic amines) is 1. The highest BCUT2D eigenvalue weighted by Crippen LogP contribution is 2.47. The molecule has 0 unspecified atom stereocenters. The monoisotopic (exact) mass is 266 g/mol. The molecule has 0 radical (unpaired) electrons. The van der Waals surface area contributed by atoms with Gasteiger partial charge in [0.2, 0.25) is 11.8 Å². The first kappa shape index (κ1) is 14.4. The summed E-state index contributed by atoms with van der Waals surface area (Å²) in [5.74, 6) is 0.458. The van der Waals surface area contributed by atoms with Gasteiger partial charge >= 0.3 is 0 Å². The van der Waals surface area contributed by atoms with Gasteiger partial charge in [-0.2, -0.15) is 0 Å². The van der Waals surface area contributed by atoms with Crippen molar-refractivity contribution in [3.8, 4) is 0 Å². The van der Waals surface area contributed by atoms with Gasteiger partial charge in [0, 0.05) is 19.6 Å². The molecule has 1 aliphatic carbocycles. The average molecular weight is 266 g/mol. The van der Waals surface area contributed by atoms with E-state index in [0.29, 0.717) is 12.5 Å². The Morgan fingerprint density at radius 3 is 2.16 bits per heavy atom. The summed E-state index contributed by atoms with van der Waals surface area (Å²) in [6.07, 6.45) is 6.02. The highest BCUT2D eigenvalue weighted by molar-refractivity contribution is 6.07. The van der Waals surface area contributed by atoms with Crippen molar-refractivity contribution in [2.75, 3.05) is 19.6 Å². The fourth-order valence-corrected chi connectivity index (χ4v) is 2.71. The van der Waals surface area contributed by atoms with Crippen molar-refractivity contribution in [1.82, 2.24) is 10.2 Å². The number of amides is 2. The van der Waals surface area contributed by atoms with Crippen molar-refractivity contribution >= 4 is 11.8 Å². The van der Waals surface area contributed by atoms with Gasteiger partial charge < -0.3 is 10.2 Å². The minimum absolute atomic E-state index is 0.0459. The molecule has 108 valence electrons. The molecule has 1 saturated carbocycles. The fourth-order valence-electron chi connectivity index (χ4n) is 2.71. The van der Waals surface area contributed by atoms with E-state index < -0.39 is 5.41 Å². The Labute approximate surface area is 115 Å². The van der Waals surface area contributed by atoms with Gasteiger partial charge in [0.25, 0.3) is 0 Å². The van der Waals surface area contributed by atoms with Crippen molar-refractivity contribution in [1.29, 1.82) is 0 Å². The van der Waals surface area contributed by atoms with Crippen molar-refractivity contribution in [3.05, 3.63) is 0 Å². The average Bonchev–Trinajstić information content (AvgIpc) is 3.19. The molecule has 0 aromatic heterocycles. The third-order valence-electron chi connectivity index (χ3n) is 4.16. The molecule has 0 aromatic rings. The second-order valence-electron chi connectivity index (χ2n) is 6.39. The first-order valence-electron chi connectivity index (χ1n) is 7.64. The molecule has 0 aromatic carbocycles. The van der Waals surface area contributed by atoms with Crippen LogP contribution in [0.25, 0.3) is 0 Å². The number of carbonyl (C=O) groups excluding carboxylic acids is 2. The third-order valence-corrected chi connectivity index (χ3v) is 4.16. The number of carbonyl (C=O) groups is 2. The van der Waals surface area contributed by atoms with Crippen LogP contribution >= 0.6 is 0 Å². The van der Waals surface area contributed by atoms with E-state index in [4.69, 9.17) is 0 Å². The lowest BCUT2D eigenvalue weighted by Crippen LogP contribution is -2.46. The molecule has 19 heavy (non-hydrogen) atoms. The first-order valence-corrected chi connectivity index (χ1v) is 7.64. The Bertz CT molecular complexity index is 340. The van der Waals surface area contributed by atoms with Crippen molar-refractivity contribution in [2.45, 2.75) is 52.4 Å². The minimum atomic E-state index is -0.709. The van der Waals surface area contributed by atoms with Crippen LogP contribution < -0.4 is 5.32 Å². The highest BCUT2D eigenvalue weighted by atomic mass is 16.2. The van der Waals surface area contributed by atoms with E-state index in [-0.39, 0.29) is 11.8 Å². The molecule has 1 saturated heterocycles. The van der Waals surface area contributed by atoms with E-state index >= 15 is 0 Å². The van der Waals surface area contributed by atoms with E-state index in [0.717, 1.165) is 38.8 Å². The molecule has 2 aliphatic rings. The van der Waals surface area contributed by atoms with Crippen LogP contribution in [0, 0.1) is 11.3 Å². The van der Waals surface area contributed by atoms with Crippen molar-refractivity contribution < 1.29 is 9.59 Å². The second-order valence-corrected chi connectivity index (χ2v) is 6.39. The van der Waals surface area contributed by atoms with Crippen LogP contribution in [0.3, 0.4) is 0 Å². The summed E-state index contributed by atoms with van der Waals surface area (Å²) in [5.41, 5.74) is -0.709. The van der Waals surface area contributed by atoms with Gasteiger partial charge in [0.15, 0.2) is 0 Å². The Kier molecular flexibility index (Phi) is 4.48. The summed E-state index contributed by atoms with van der Waals surface area (Å²) < 4.78 is 0. The van der Waals surface area contributed by atoms with Gasteiger partial charge in [-0.05, 0) is 31.6 Å². The Hall–Kier alpha value is -1.06. The fraction of sp³-hybridized carbons (Fsp3) is 0.867. The van der Waals surface area contributed by atoms with Gasteiger partial charge in [-0.1, -0.05) is 26.7 Å². The summed E-state index contributed by atoms with van der Waals surface area (Å²) >= 11 is 0. The van der Waals surface area contributed by atoms with Crippen LogP contribution in [0.15, 0.2) is 0 Å². The zero-order valence-corrected chi connectivity index (χ0v) is 12.2. The topological polar surface area (TPSA) is 49.4 Å². The van der Waals surface area contributed by atoms with Gasteiger partial charge in [0.05, 0.1) is 0 Å². The normalized spacial score (nSPS) is 21.9. The smallest absolute Gasteiger partial charge is 0.238 e. The molecule has 0 spiro atoms. The lowest BCUT2D eigenvalue weighted by atomic mass is 10.0. The second kappa shape index (κ2) is 5.93. The number of hydrogen-bond acceptors (Lipinski definition) is 2. The van der Waals surface area contributed by atoms with E-state index in [2.05, 4.69) is 19.2 Å². The molecule has 1 heterocycles. The number of nitrogens with one attached hydrogen (secondary N) is 1. The summed E-state index contributed by atoms with van der Waals surface area (Å²) in [5, 5.41) is 2.93. The van der Waals surface area contributed by atoms with Gasteiger partial charge in [-0.3, -0.25) is 9.59 Å². The number of nitrogens with zero attached hydrogens (tertiary/aromatic N) is 1. The molecule has 4 heteroatoms. The van der Waals surface area contributed by atoms with Gasteiger partial charge in [0.1, 0.15) is 5.41 Å². The van der Waals surface area contributed by atoms with Crippen LogP contribution in [-0.4, -0.2) is 36.3 Å². The first-order chi connectivity index (χ1) is 9.06. The van der Waals surface area contributed by atoms with Crippen LogP contribution in [-0.2, 0) is 9.59 Å². The van der Waals surface area contributed by atoms with E-state index in [1.54, 1.807) is 0 Å². The summed E-state index contributed by atoms with van der Waals surface area (Å²) in [6, 6.07) is 0. The molecule has 1 N–H and O–H groups in total. The summed E-state index contributed by atoms with van der Waals surface area (Å²) in [4.78, 5) is 26.8. The molecular weight excluding hydrogens is 240 g/mol. The standard InChI is InChI=1S/C15H26N2O2/c1-12(2)11-16-13(18)15(7-8-15)14(19)17-9-5-3-4-6-10-17/h12H,3-11H2,1-2H3,(H,16,18). The van der Waals surface area contributed by atoms with Crippen molar-refractivity contribution in [2.24, 2.45) is 11.3 Å². The molecule has 2 amide bonds. The predicted molar refractivity (Wildman–Crippen MR) is 74.6 cm³/mol. The lowest BCUT2D eigenvalue weighted by molar-refractivity contribution is -0.144. The molecule has 2 fully saturated rings. The maximum absolute atomic E-state index is 12.6. The largest absolute Gasteiger partial charge is 0.355 e. The lowest BCUT2D eigenvalue weighted by Gasteiger charge is -2.25. The molecule has 0 bridgehead atoms. The quantitative estimate of drug-likeness (QED) is 0.791. The Morgan fingerprint density at radius 1 is 1.11 bits per heavy atom. The van der Waals surface area contributed by atoms with Gasteiger partial charge in [-0.15, -0.1) is 0 Å². The van der Waals surface area contributed by atoms with Crippen LogP contribution in [0.1, 0.15) is 52.4 Å². The highest BCUT2D eigenvalue weighted by Gasteiger charge is 2.57. The number of hydrogen-bond donors (Lipinski definition) is 1. The Morgan fingerprint density at radius 2 is 1.68 bits per heavy atom. The van der Waals surface area contributed by atoms with E-state index in [1.165, 1.54) is 12.8 Å². The predicted octanol–water partition coefficient (Wildman–Crippen LogP) is 1.94. The maximum Gasteiger partial charge on any atom is 0.238 e. The van der Waals surface area contributed by atoms with E-state index in [1.807, 2.05) is 4.90 Å². The third kappa shape index (κ3) is 3.28. The molecule has 0 atom stereocenters. The molecule has 1 aliphatic heterocycles. The zero-order valence-electron chi connectivity index (χ0n) is 12.2. The number of rotatable bonds is 4. The molecular formula is C15H26N2O2.